The van der Waals surface area contributed by atoms with Gasteiger partial charge >= 0.3 is 0 Å². The Morgan fingerprint density at radius 2 is 2.29 bits per heavy atom. The van der Waals surface area contributed by atoms with Crippen LogP contribution in [0.1, 0.15) is 26.2 Å². The molecule has 0 radical (unpaired) electrons. The minimum atomic E-state index is 0.638. The molecule has 2 fully saturated rings. The van der Waals surface area contributed by atoms with Crippen LogP contribution in [0.15, 0.2) is 12.3 Å². The van der Waals surface area contributed by atoms with Crippen LogP contribution in [-0.2, 0) is 7.05 Å². The Kier molecular flexibility index (Phi) is 2.82. The predicted octanol–water partition coefficient (Wildman–Crippen LogP) is 1.48. The van der Waals surface area contributed by atoms with Gasteiger partial charge in [0.15, 0.2) is 5.82 Å². The van der Waals surface area contributed by atoms with Crippen LogP contribution in [0.5, 0.6) is 0 Å². The van der Waals surface area contributed by atoms with Gasteiger partial charge in [-0.1, -0.05) is 6.92 Å². The molecule has 0 aliphatic carbocycles. The van der Waals surface area contributed by atoms with Gasteiger partial charge in [0.1, 0.15) is 0 Å². The fourth-order valence-electron chi connectivity index (χ4n) is 3.27. The first-order chi connectivity index (χ1) is 8.28. The molecular weight excluding hydrogens is 212 g/mol. The molecule has 2 saturated heterocycles. The molecule has 2 atom stereocenters. The zero-order chi connectivity index (χ0) is 11.8. The minimum absolute atomic E-state index is 0.638. The molecule has 0 spiro atoms. The highest BCUT2D eigenvalue weighted by atomic mass is 15.4. The molecule has 4 nitrogen and oxygen atoms in total. The molecule has 3 rings (SSSR count). The third-order valence-electron chi connectivity index (χ3n) is 4.26. The van der Waals surface area contributed by atoms with Crippen molar-refractivity contribution >= 4 is 5.82 Å². The van der Waals surface area contributed by atoms with Crippen molar-refractivity contribution < 1.29 is 0 Å². The summed E-state index contributed by atoms with van der Waals surface area (Å²) in [6.45, 7) is 5.97. The molecule has 2 aliphatic rings. The third kappa shape index (κ3) is 1.95. The van der Waals surface area contributed by atoms with E-state index in [0.717, 1.165) is 18.4 Å². The van der Waals surface area contributed by atoms with Gasteiger partial charge in [0, 0.05) is 44.5 Å². The summed E-state index contributed by atoms with van der Waals surface area (Å²) in [5.41, 5.74) is 0. The molecule has 2 unspecified atom stereocenters. The quantitative estimate of drug-likeness (QED) is 0.775. The van der Waals surface area contributed by atoms with Crippen LogP contribution in [0.2, 0.25) is 0 Å². The summed E-state index contributed by atoms with van der Waals surface area (Å²) >= 11 is 0. The van der Waals surface area contributed by atoms with Crippen molar-refractivity contribution in [3.63, 3.8) is 0 Å². The van der Waals surface area contributed by atoms with Crippen molar-refractivity contribution in [2.24, 2.45) is 7.05 Å². The van der Waals surface area contributed by atoms with Crippen LogP contribution in [-0.4, -0.2) is 46.4 Å². The molecule has 4 heteroatoms. The van der Waals surface area contributed by atoms with Crippen molar-refractivity contribution in [3.8, 4) is 0 Å². The highest BCUT2D eigenvalue weighted by molar-refractivity contribution is 5.40. The van der Waals surface area contributed by atoms with Crippen LogP contribution in [0.4, 0.5) is 5.82 Å². The van der Waals surface area contributed by atoms with Gasteiger partial charge in [0.2, 0.25) is 0 Å². The highest BCUT2D eigenvalue weighted by Crippen LogP contribution is 2.28. The lowest BCUT2D eigenvalue weighted by Crippen LogP contribution is -2.56. The van der Waals surface area contributed by atoms with Gasteiger partial charge < -0.3 is 4.90 Å². The van der Waals surface area contributed by atoms with E-state index in [-0.39, 0.29) is 0 Å². The smallest absolute Gasteiger partial charge is 0.150 e. The van der Waals surface area contributed by atoms with Crippen LogP contribution < -0.4 is 4.90 Å². The van der Waals surface area contributed by atoms with Crippen LogP contribution in [0.3, 0.4) is 0 Å². The maximum Gasteiger partial charge on any atom is 0.150 e. The molecule has 0 aromatic carbocycles. The first-order valence-corrected chi connectivity index (χ1v) is 6.78. The number of hydrogen-bond donors (Lipinski definition) is 0. The van der Waals surface area contributed by atoms with E-state index in [1.165, 1.54) is 32.4 Å². The van der Waals surface area contributed by atoms with Gasteiger partial charge in [-0.05, 0) is 25.8 Å². The molecule has 1 aromatic heterocycles. The number of piperazine rings is 1. The molecule has 94 valence electrons. The lowest BCUT2D eigenvalue weighted by atomic mass is 10.1. The molecule has 1 aromatic rings. The van der Waals surface area contributed by atoms with Crippen molar-refractivity contribution in [3.05, 3.63) is 12.3 Å². The first-order valence-electron chi connectivity index (χ1n) is 6.78. The normalized spacial score (nSPS) is 29.6. The van der Waals surface area contributed by atoms with Crippen molar-refractivity contribution in [2.45, 2.75) is 38.3 Å². The van der Waals surface area contributed by atoms with Crippen LogP contribution in [0.25, 0.3) is 0 Å². The number of rotatable bonds is 2. The summed E-state index contributed by atoms with van der Waals surface area (Å²) in [5, 5.41) is 4.57. The third-order valence-corrected chi connectivity index (χ3v) is 4.26. The maximum absolute atomic E-state index is 4.57. The molecule has 0 amide bonds. The number of nitrogens with zero attached hydrogens (tertiary/aromatic N) is 4. The van der Waals surface area contributed by atoms with E-state index in [1.54, 1.807) is 0 Å². The molecule has 0 saturated carbocycles. The molecule has 0 bridgehead atoms. The van der Waals surface area contributed by atoms with Gasteiger partial charge in [-0.3, -0.25) is 9.58 Å². The summed E-state index contributed by atoms with van der Waals surface area (Å²) in [6.07, 6.45) is 5.99. The Bertz CT molecular complexity index is 387. The molecule has 3 heterocycles. The molecular formula is C13H22N4. The second-order valence-electron chi connectivity index (χ2n) is 5.35. The number of aromatic nitrogens is 2. The van der Waals surface area contributed by atoms with E-state index in [9.17, 15) is 0 Å². The summed E-state index contributed by atoms with van der Waals surface area (Å²) in [7, 11) is 2.00. The van der Waals surface area contributed by atoms with E-state index in [2.05, 4.69) is 27.9 Å². The van der Waals surface area contributed by atoms with E-state index in [1.807, 2.05) is 17.9 Å². The largest absolute Gasteiger partial charge is 0.349 e. The van der Waals surface area contributed by atoms with E-state index in [0.29, 0.717) is 6.04 Å². The van der Waals surface area contributed by atoms with Crippen LogP contribution >= 0.6 is 0 Å². The zero-order valence-corrected chi connectivity index (χ0v) is 10.8. The van der Waals surface area contributed by atoms with Crippen LogP contribution in [0, 0.1) is 0 Å². The zero-order valence-electron chi connectivity index (χ0n) is 10.8. The predicted molar refractivity (Wildman–Crippen MR) is 69.2 cm³/mol. The second-order valence-corrected chi connectivity index (χ2v) is 5.35. The van der Waals surface area contributed by atoms with Crippen molar-refractivity contribution in [1.29, 1.82) is 0 Å². The van der Waals surface area contributed by atoms with E-state index >= 15 is 0 Å². The minimum Gasteiger partial charge on any atom is -0.349 e. The molecule has 17 heavy (non-hydrogen) atoms. The summed E-state index contributed by atoms with van der Waals surface area (Å²) < 4.78 is 1.91. The van der Waals surface area contributed by atoms with Gasteiger partial charge in [0.05, 0.1) is 0 Å². The molecule has 2 aliphatic heterocycles. The highest BCUT2D eigenvalue weighted by Gasteiger charge is 2.36. The topological polar surface area (TPSA) is 24.3 Å². The average molecular weight is 234 g/mol. The van der Waals surface area contributed by atoms with Gasteiger partial charge in [0.25, 0.3) is 0 Å². The number of hydrogen-bond acceptors (Lipinski definition) is 3. The van der Waals surface area contributed by atoms with E-state index in [4.69, 9.17) is 0 Å². The van der Waals surface area contributed by atoms with Gasteiger partial charge in [-0.15, -0.1) is 0 Å². The van der Waals surface area contributed by atoms with Crippen molar-refractivity contribution in [2.75, 3.05) is 24.5 Å². The second kappa shape index (κ2) is 4.33. The average Bonchev–Trinajstić information content (AvgIpc) is 2.94. The van der Waals surface area contributed by atoms with Crippen molar-refractivity contribution in [1.82, 2.24) is 14.7 Å². The Labute approximate surface area is 103 Å². The Morgan fingerprint density at radius 3 is 3.00 bits per heavy atom. The summed E-state index contributed by atoms with van der Waals surface area (Å²) in [4.78, 5) is 5.19. The Balaban J connectivity index is 1.82. The number of aryl methyl sites for hydroxylation is 1. The number of anilines is 1. The number of fused-ring (bicyclic) bond motifs is 1. The lowest BCUT2D eigenvalue weighted by molar-refractivity contribution is 0.194. The van der Waals surface area contributed by atoms with Gasteiger partial charge in [-0.2, -0.15) is 5.10 Å². The van der Waals surface area contributed by atoms with Gasteiger partial charge in [-0.25, -0.2) is 0 Å². The Morgan fingerprint density at radius 1 is 1.41 bits per heavy atom. The Hall–Kier alpha value is -1.03. The lowest BCUT2D eigenvalue weighted by Gasteiger charge is -2.43. The fourth-order valence-corrected chi connectivity index (χ4v) is 3.27. The summed E-state index contributed by atoms with van der Waals surface area (Å²) in [6, 6.07) is 3.55. The molecule has 0 N–H and O–H groups in total. The standard InChI is InChI=1S/C13H22N4/c1-3-11-9-16-7-4-5-12(16)10-17(11)13-6-8-15(2)14-13/h6,8,11-12H,3-5,7,9-10H2,1-2H3. The maximum atomic E-state index is 4.57. The van der Waals surface area contributed by atoms with E-state index < -0.39 is 0 Å². The fraction of sp³-hybridized carbons (Fsp3) is 0.769. The SMILES string of the molecule is CCC1CN2CCCC2CN1c1ccn(C)n1. The first kappa shape index (κ1) is 11.1. The summed E-state index contributed by atoms with van der Waals surface area (Å²) in [5.74, 6) is 1.16. The monoisotopic (exact) mass is 234 g/mol.